The van der Waals surface area contributed by atoms with E-state index in [0.29, 0.717) is 16.5 Å². The normalized spacial score (nSPS) is 11.8. The minimum absolute atomic E-state index is 0.142. The third kappa shape index (κ3) is 4.36. The summed E-state index contributed by atoms with van der Waals surface area (Å²) < 4.78 is 0. The minimum atomic E-state index is -0.286. The highest BCUT2D eigenvalue weighted by Gasteiger charge is 2.10. The first kappa shape index (κ1) is 17.0. The average molecular weight is 356 g/mol. The fraction of sp³-hybridized carbons (Fsp3) is 0.167. The first-order valence-electron chi connectivity index (χ1n) is 7.83. The highest BCUT2D eigenvalue weighted by atomic mass is 35.5. The fourth-order valence-electron chi connectivity index (χ4n) is 2.41. The lowest BCUT2D eigenvalue weighted by Gasteiger charge is -2.15. The fourth-order valence-corrected chi connectivity index (χ4v) is 2.53. The predicted molar refractivity (Wildman–Crippen MR) is 98.6 cm³/mol. The van der Waals surface area contributed by atoms with E-state index in [1.807, 2.05) is 50.2 Å². The van der Waals surface area contributed by atoms with Crippen molar-refractivity contribution in [1.82, 2.24) is 20.5 Å². The van der Waals surface area contributed by atoms with Gasteiger partial charge in [0.2, 0.25) is 0 Å². The van der Waals surface area contributed by atoms with Gasteiger partial charge < -0.3 is 10.6 Å². The molecule has 1 atom stereocenters. The van der Waals surface area contributed by atoms with Gasteiger partial charge in [-0.25, -0.2) is 9.78 Å². The summed E-state index contributed by atoms with van der Waals surface area (Å²) in [6, 6.07) is 14.3. The highest BCUT2D eigenvalue weighted by Crippen LogP contribution is 2.20. The number of nitrogens with zero attached hydrogens (tertiary/aromatic N) is 2. The molecule has 0 aliphatic heterocycles. The average Bonchev–Trinajstić information content (AvgIpc) is 3.02. The quantitative estimate of drug-likeness (QED) is 0.651. The van der Waals surface area contributed by atoms with Crippen molar-refractivity contribution in [2.45, 2.75) is 19.9 Å². The Hall–Kier alpha value is -2.86. The first-order valence-corrected chi connectivity index (χ1v) is 8.21. The van der Waals surface area contributed by atoms with Crippen LogP contribution in [0, 0.1) is 6.92 Å². The molecule has 3 N–H and O–H groups in total. The summed E-state index contributed by atoms with van der Waals surface area (Å²) >= 11 is 5.88. The number of hydrogen-bond acceptors (Lipinski definition) is 3. The molecule has 0 saturated carbocycles. The lowest BCUT2D eigenvalue weighted by Crippen LogP contribution is -2.31. The van der Waals surface area contributed by atoms with Crippen LogP contribution in [-0.4, -0.2) is 21.2 Å². The summed E-state index contributed by atoms with van der Waals surface area (Å²) in [4.78, 5) is 16.5. The number of nitrogens with one attached hydrogen (secondary N) is 3. The maximum absolute atomic E-state index is 12.2. The van der Waals surface area contributed by atoms with Crippen LogP contribution in [0.25, 0.3) is 11.4 Å². The van der Waals surface area contributed by atoms with E-state index in [0.717, 1.165) is 17.0 Å². The summed E-state index contributed by atoms with van der Waals surface area (Å²) in [5, 5.41) is 13.3. The van der Waals surface area contributed by atoms with Crippen LogP contribution in [0.2, 0.25) is 5.02 Å². The van der Waals surface area contributed by atoms with Gasteiger partial charge in [-0.1, -0.05) is 35.9 Å². The summed E-state index contributed by atoms with van der Waals surface area (Å²) in [7, 11) is 0. The lowest BCUT2D eigenvalue weighted by molar-refractivity contribution is 0.249. The van der Waals surface area contributed by atoms with Crippen molar-refractivity contribution in [3.8, 4) is 11.4 Å². The van der Waals surface area contributed by atoms with E-state index in [1.165, 1.54) is 0 Å². The molecule has 1 unspecified atom stereocenters. The zero-order valence-corrected chi connectivity index (χ0v) is 14.6. The Bertz CT molecular complexity index is 875. The van der Waals surface area contributed by atoms with Gasteiger partial charge in [0.1, 0.15) is 5.82 Å². The summed E-state index contributed by atoms with van der Waals surface area (Å²) in [6.45, 7) is 3.75. The van der Waals surface area contributed by atoms with Gasteiger partial charge in [-0.2, -0.15) is 5.10 Å². The summed E-state index contributed by atoms with van der Waals surface area (Å²) in [5.41, 5.74) is 2.47. The van der Waals surface area contributed by atoms with E-state index < -0.39 is 0 Å². The molecule has 0 fully saturated rings. The zero-order valence-electron chi connectivity index (χ0n) is 13.9. The van der Waals surface area contributed by atoms with Crippen molar-refractivity contribution in [2.75, 3.05) is 5.32 Å². The maximum Gasteiger partial charge on any atom is 0.319 e. The standard InChI is InChI=1S/C18H18ClN5O/c1-11(13-6-8-15(19)9-7-13)20-18(25)22-16-5-3-4-14(10-16)17-21-12(2)23-24-17/h3-11H,1-2H3,(H2,20,22,25)(H,21,23,24). The Labute approximate surface area is 150 Å². The molecule has 0 aliphatic carbocycles. The Balaban J connectivity index is 1.65. The van der Waals surface area contributed by atoms with Gasteiger partial charge in [0.05, 0.1) is 6.04 Å². The molecule has 0 saturated heterocycles. The molecule has 25 heavy (non-hydrogen) atoms. The van der Waals surface area contributed by atoms with Crippen molar-refractivity contribution in [2.24, 2.45) is 0 Å². The number of aromatic amines is 1. The molecule has 3 aromatic rings. The number of hydrogen-bond donors (Lipinski definition) is 3. The van der Waals surface area contributed by atoms with Crippen LogP contribution in [0.15, 0.2) is 48.5 Å². The second-order valence-corrected chi connectivity index (χ2v) is 6.13. The SMILES string of the molecule is Cc1nc(-c2cccc(NC(=O)NC(C)c3ccc(Cl)cc3)c2)n[nH]1. The van der Waals surface area contributed by atoms with Crippen LogP contribution in [0.5, 0.6) is 0 Å². The van der Waals surface area contributed by atoms with E-state index in [1.54, 1.807) is 12.1 Å². The molecular weight excluding hydrogens is 338 g/mol. The summed E-state index contributed by atoms with van der Waals surface area (Å²) in [5.74, 6) is 1.33. The van der Waals surface area contributed by atoms with Gasteiger partial charge in [-0.3, -0.25) is 5.10 Å². The molecule has 6 nitrogen and oxygen atoms in total. The van der Waals surface area contributed by atoms with E-state index in [9.17, 15) is 4.79 Å². The zero-order chi connectivity index (χ0) is 17.8. The smallest absolute Gasteiger partial charge is 0.319 e. The molecule has 0 aliphatic rings. The van der Waals surface area contributed by atoms with Gasteiger partial charge in [0.15, 0.2) is 5.82 Å². The molecule has 0 radical (unpaired) electrons. The number of benzene rings is 2. The maximum atomic E-state index is 12.2. The Morgan fingerprint density at radius 3 is 2.64 bits per heavy atom. The number of urea groups is 1. The van der Waals surface area contributed by atoms with Gasteiger partial charge in [0.25, 0.3) is 0 Å². The number of halogens is 1. The predicted octanol–water partition coefficient (Wildman–Crippen LogP) is 4.32. The number of carbonyl (C=O) groups is 1. The number of rotatable bonds is 4. The Morgan fingerprint density at radius 2 is 1.96 bits per heavy atom. The Morgan fingerprint density at radius 1 is 1.20 bits per heavy atom. The topological polar surface area (TPSA) is 82.7 Å². The lowest BCUT2D eigenvalue weighted by atomic mass is 10.1. The number of amides is 2. The molecular formula is C18H18ClN5O. The van der Waals surface area contributed by atoms with Crippen LogP contribution in [-0.2, 0) is 0 Å². The third-order valence-corrected chi connectivity index (χ3v) is 3.95. The number of aryl methyl sites for hydroxylation is 1. The number of aromatic nitrogens is 3. The van der Waals surface area contributed by atoms with Gasteiger partial charge in [-0.05, 0) is 43.7 Å². The number of carbonyl (C=O) groups excluding carboxylic acids is 1. The van der Waals surface area contributed by atoms with Crippen molar-refractivity contribution < 1.29 is 4.79 Å². The molecule has 2 amide bonds. The second-order valence-electron chi connectivity index (χ2n) is 5.70. The number of H-pyrrole nitrogens is 1. The largest absolute Gasteiger partial charge is 0.331 e. The van der Waals surface area contributed by atoms with Crippen molar-refractivity contribution in [3.63, 3.8) is 0 Å². The summed E-state index contributed by atoms with van der Waals surface area (Å²) in [6.07, 6.45) is 0. The molecule has 3 rings (SSSR count). The van der Waals surface area contributed by atoms with Crippen molar-refractivity contribution >= 4 is 23.3 Å². The number of anilines is 1. The molecule has 1 heterocycles. The molecule has 7 heteroatoms. The van der Waals surface area contributed by atoms with Crippen LogP contribution in [0.3, 0.4) is 0 Å². The van der Waals surface area contributed by atoms with Gasteiger partial charge in [-0.15, -0.1) is 0 Å². The van der Waals surface area contributed by atoms with Crippen LogP contribution < -0.4 is 10.6 Å². The Kier molecular flexibility index (Phi) is 5.00. The van der Waals surface area contributed by atoms with Crippen molar-refractivity contribution in [1.29, 1.82) is 0 Å². The van der Waals surface area contributed by atoms with E-state index in [4.69, 9.17) is 11.6 Å². The first-order chi connectivity index (χ1) is 12.0. The second kappa shape index (κ2) is 7.36. The molecule has 0 spiro atoms. The molecule has 0 bridgehead atoms. The van der Waals surface area contributed by atoms with E-state index >= 15 is 0 Å². The van der Waals surface area contributed by atoms with Crippen LogP contribution in [0.4, 0.5) is 10.5 Å². The highest BCUT2D eigenvalue weighted by molar-refractivity contribution is 6.30. The van der Waals surface area contributed by atoms with Crippen LogP contribution >= 0.6 is 11.6 Å². The van der Waals surface area contributed by atoms with Gasteiger partial charge in [0, 0.05) is 16.3 Å². The molecule has 2 aromatic carbocycles. The van der Waals surface area contributed by atoms with E-state index in [2.05, 4.69) is 25.8 Å². The third-order valence-electron chi connectivity index (χ3n) is 3.69. The monoisotopic (exact) mass is 355 g/mol. The molecule has 1 aromatic heterocycles. The van der Waals surface area contributed by atoms with Crippen LogP contribution in [0.1, 0.15) is 24.4 Å². The van der Waals surface area contributed by atoms with Gasteiger partial charge >= 0.3 is 6.03 Å². The molecule has 128 valence electrons. The van der Waals surface area contributed by atoms with Crippen molar-refractivity contribution in [3.05, 3.63) is 64.9 Å². The minimum Gasteiger partial charge on any atom is -0.331 e. The van der Waals surface area contributed by atoms with E-state index in [-0.39, 0.29) is 12.1 Å².